The number of anilines is 1. The van der Waals surface area contributed by atoms with Gasteiger partial charge in [-0.2, -0.15) is 0 Å². The average Bonchev–Trinajstić information content (AvgIpc) is 2.37. The van der Waals surface area contributed by atoms with Crippen molar-refractivity contribution in [2.75, 3.05) is 32.6 Å². The molecule has 1 heterocycles. The fourth-order valence-electron chi connectivity index (χ4n) is 1.88. The Morgan fingerprint density at radius 1 is 1.38 bits per heavy atom. The Kier molecular flexibility index (Phi) is 4.93. The number of hydrogen-bond donors (Lipinski definition) is 1. The molecule has 1 aromatic heterocycles. The lowest BCUT2D eigenvalue weighted by Gasteiger charge is -2.13. The molecule has 0 saturated carbocycles. The molecule has 6 heteroatoms. The first-order valence-electron chi connectivity index (χ1n) is 6.59. The maximum Gasteiger partial charge on any atom is 0.336 e. The first-order chi connectivity index (χ1) is 9.95. The lowest BCUT2D eigenvalue weighted by Crippen LogP contribution is -2.22. The van der Waals surface area contributed by atoms with Crippen LogP contribution in [-0.2, 0) is 4.74 Å². The van der Waals surface area contributed by atoms with Gasteiger partial charge in [-0.25, -0.2) is 4.79 Å². The Bertz CT molecular complexity index is 710. The van der Waals surface area contributed by atoms with Gasteiger partial charge in [0.25, 0.3) is 5.17 Å². The average molecular weight is 306 g/mol. The molecule has 112 valence electrons. The van der Waals surface area contributed by atoms with Crippen LogP contribution in [0.3, 0.4) is 0 Å². The molecule has 21 heavy (non-hydrogen) atoms. The van der Waals surface area contributed by atoms with Gasteiger partial charge >= 0.3 is 5.63 Å². The Morgan fingerprint density at radius 3 is 2.86 bits per heavy atom. The summed E-state index contributed by atoms with van der Waals surface area (Å²) in [5, 5.41) is 4.18. The minimum atomic E-state index is -0.359. The molecule has 0 atom stereocenters. The van der Waals surface area contributed by atoms with Crippen LogP contribution < -0.4 is 10.9 Å². The molecule has 0 aliphatic rings. The van der Waals surface area contributed by atoms with E-state index in [4.69, 9.17) is 21.4 Å². The van der Waals surface area contributed by atoms with E-state index in [1.165, 1.54) is 6.07 Å². The number of ether oxygens (including phenoxy) is 1. The van der Waals surface area contributed by atoms with Crippen LogP contribution in [0.15, 0.2) is 33.5 Å². The molecule has 2 aromatic rings. The van der Waals surface area contributed by atoms with Crippen molar-refractivity contribution < 1.29 is 9.15 Å². The molecule has 0 fully saturated rings. The van der Waals surface area contributed by atoms with Gasteiger partial charge in [0.1, 0.15) is 12.2 Å². The SMILES string of the molecule is Cc1cc(=O)oc2cc(NC(=S)OCCN(C)C)ccc12. The van der Waals surface area contributed by atoms with Gasteiger partial charge in [0.15, 0.2) is 0 Å². The molecule has 1 aromatic carbocycles. The summed E-state index contributed by atoms with van der Waals surface area (Å²) in [6, 6.07) is 6.98. The van der Waals surface area contributed by atoms with E-state index in [0.717, 1.165) is 23.2 Å². The van der Waals surface area contributed by atoms with Gasteiger partial charge in [0.05, 0.1) is 0 Å². The lowest BCUT2D eigenvalue weighted by atomic mass is 10.1. The van der Waals surface area contributed by atoms with Crippen molar-refractivity contribution in [1.82, 2.24) is 4.90 Å². The highest BCUT2D eigenvalue weighted by molar-refractivity contribution is 7.80. The van der Waals surface area contributed by atoms with Gasteiger partial charge in [0.2, 0.25) is 0 Å². The van der Waals surface area contributed by atoms with Crippen LogP contribution in [0.1, 0.15) is 5.56 Å². The fourth-order valence-corrected chi connectivity index (χ4v) is 2.08. The van der Waals surface area contributed by atoms with Crippen LogP contribution in [0.5, 0.6) is 0 Å². The Balaban J connectivity index is 2.09. The number of nitrogens with one attached hydrogen (secondary N) is 1. The first-order valence-corrected chi connectivity index (χ1v) is 6.99. The molecule has 2 rings (SSSR count). The molecule has 0 unspecified atom stereocenters. The summed E-state index contributed by atoms with van der Waals surface area (Å²) in [5.74, 6) is 0. The van der Waals surface area contributed by atoms with Crippen LogP contribution in [0, 0.1) is 6.92 Å². The number of likely N-dealkylation sites (N-methyl/N-ethyl adjacent to an activating group) is 1. The topological polar surface area (TPSA) is 54.7 Å². The summed E-state index contributed by atoms with van der Waals surface area (Å²) in [6.07, 6.45) is 0. The molecule has 1 N–H and O–H groups in total. The Morgan fingerprint density at radius 2 is 2.14 bits per heavy atom. The number of aryl methyl sites for hydroxylation is 1. The Hall–Kier alpha value is -1.92. The molecule has 0 spiro atoms. The quantitative estimate of drug-likeness (QED) is 0.691. The molecule has 0 radical (unpaired) electrons. The summed E-state index contributed by atoms with van der Waals surface area (Å²) >= 11 is 5.12. The van der Waals surface area contributed by atoms with Gasteiger partial charge in [-0.1, -0.05) is 0 Å². The van der Waals surface area contributed by atoms with Crippen LogP contribution in [-0.4, -0.2) is 37.3 Å². The van der Waals surface area contributed by atoms with Crippen molar-refractivity contribution >= 4 is 34.0 Å². The monoisotopic (exact) mass is 306 g/mol. The molecule has 0 amide bonds. The molecule has 0 aliphatic carbocycles. The minimum absolute atomic E-state index is 0.297. The lowest BCUT2D eigenvalue weighted by molar-refractivity contribution is 0.256. The zero-order valence-electron chi connectivity index (χ0n) is 12.3. The van der Waals surface area contributed by atoms with Crippen molar-refractivity contribution in [3.63, 3.8) is 0 Å². The summed E-state index contributed by atoms with van der Waals surface area (Å²) in [5.41, 5.74) is 1.78. The van der Waals surface area contributed by atoms with Crippen molar-refractivity contribution in [1.29, 1.82) is 0 Å². The zero-order valence-corrected chi connectivity index (χ0v) is 13.1. The number of rotatable bonds is 4. The van der Waals surface area contributed by atoms with E-state index in [-0.39, 0.29) is 5.63 Å². The van der Waals surface area contributed by atoms with E-state index in [2.05, 4.69) is 5.32 Å². The van der Waals surface area contributed by atoms with E-state index in [1.807, 2.05) is 38.1 Å². The summed E-state index contributed by atoms with van der Waals surface area (Å²) in [6.45, 7) is 3.18. The maximum absolute atomic E-state index is 11.4. The van der Waals surface area contributed by atoms with Gasteiger partial charge in [-0.3, -0.25) is 0 Å². The van der Waals surface area contributed by atoms with Gasteiger partial charge in [0, 0.05) is 29.8 Å². The number of fused-ring (bicyclic) bond motifs is 1. The van der Waals surface area contributed by atoms with Crippen LogP contribution >= 0.6 is 12.2 Å². The van der Waals surface area contributed by atoms with Crippen molar-refractivity contribution in [3.05, 3.63) is 40.2 Å². The van der Waals surface area contributed by atoms with Crippen LogP contribution in [0.4, 0.5) is 5.69 Å². The zero-order chi connectivity index (χ0) is 15.4. The highest BCUT2D eigenvalue weighted by atomic mass is 32.1. The maximum atomic E-state index is 11.4. The third-order valence-electron chi connectivity index (χ3n) is 2.97. The highest BCUT2D eigenvalue weighted by Gasteiger charge is 2.05. The Labute approximate surface area is 128 Å². The first kappa shape index (κ1) is 15.5. The number of thiocarbonyl (C=S) groups is 1. The third kappa shape index (κ3) is 4.27. The van der Waals surface area contributed by atoms with Gasteiger partial charge in [-0.05, 0) is 50.9 Å². The second kappa shape index (κ2) is 6.69. The van der Waals surface area contributed by atoms with Gasteiger partial charge in [-0.15, -0.1) is 0 Å². The van der Waals surface area contributed by atoms with E-state index >= 15 is 0 Å². The van der Waals surface area contributed by atoms with E-state index in [0.29, 0.717) is 17.4 Å². The molecule has 0 saturated heterocycles. The van der Waals surface area contributed by atoms with Gasteiger partial charge < -0.3 is 19.4 Å². The third-order valence-corrected chi connectivity index (χ3v) is 3.19. The summed E-state index contributed by atoms with van der Waals surface area (Å²) < 4.78 is 10.6. The number of nitrogens with zero attached hydrogens (tertiary/aromatic N) is 1. The largest absolute Gasteiger partial charge is 0.469 e. The summed E-state index contributed by atoms with van der Waals surface area (Å²) in [4.78, 5) is 13.4. The van der Waals surface area contributed by atoms with E-state index in [1.54, 1.807) is 6.07 Å². The summed E-state index contributed by atoms with van der Waals surface area (Å²) in [7, 11) is 3.93. The second-order valence-electron chi connectivity index (χ2n) is 5.02. The predicted octanol–water partition coefficient (Wildman–Crippen LogP) is 2.38. The van der Waals surface area contributed by atoms with E-state index in [9.17, 15) is 4.79 Å². The molecule has 0 aliphatic heterocycles. The second-order valence-corrected chi connectivity index (χ2v) is 5.39. The standard InChI is InChI=1S/C15H18N2O3S/c1-10-8-14(18)20-13-9-11(4-5-12(10)13)16-15(21)19-7-6-17(2)3/h4-5,8-9H,6-7H2,1-3H3,(H,16,21). The minimum Gasteiger partial charge on any atom is -0.469 e. The fraction of sp³-hybridized carbons (Fsp3) is 0.333. The van der Waals surface area contributed by atoms with Crippen LogP contribution in [0.25, 0.3) is 11.0 Å². The normalized spacial score (nSPS) is 10.9. The molecular weight excluding hydrogens is 288 g/mol. The molecular formula is C15H18N2O3S. The van der Waals surface area contributed by atoms with Crippen molar-refractivity contribution in [3.8, 4) is 0 Å². The number of hydrogen-bond acceptors (Lipinski definition) is 5. The molecule has 5 nitrogen and oxygen atoms in total. The molecule has 0 bridgehead atoms. The highest BCUT2D eigenvalue weighted by Crippen LogP contribution is 2.20. The predicted molar refractivity (Wildman–Crippen MR) is 87.9 cm³/mol. The van der Waals surface area contributed by atoms with Crippen molar-refractivity contribution in [2.24, 2.45) is 0 Å². The van der Waals surface area contributed by atoms with Crippen LogP contribution in [0.2, 0.25) is 0 Å². The smallest absolute Gasteiger partial charge is 0.336 e. The van der Waals surface area contributed by atoms with Crippen molar-refractivity contribution in [2.45, 2.75) is 6.92 Å². The number of benzene rings is 1. The van der Waals surface area contributed by atoms with E-state index < -0.39 is 0 Å².